The number of carbonyl (C=O) groups excluding carboxylic acids is 1. The van der Waals surface area contributed by atoms with Crippen LogP contribution in [0.25, 0.3) is 10.9 Å². The zero-order chi connectivity index (χ0) is 29.6. The third-order valence-electron chi connectivity index (χ3n) is 7.49. The van der Waals surface area contributed by atoms with Crippen molar-refractivity contribution in [1.82, 2.24) is 15.4 Å². The lowest BCUT2D eigenvalue weighted by atomic mass is 9.92. The number of carboxylic acids is 1. The average molecular weight is 568 g/mol. The summed E-state index contributed by atoms with van der Waals surface area (Å²) < 4.78 is 0. The highest BCUT2D eigenvalue weighted by atomic mass is 16.7. The number of nitrogens with one attached hydrogen (secondary N) is 2. The van der Waals surface area contributed by atoms with Gasteiger partial charge >= 0.3 is 5.97 Å². The number of rotatable bonds is 9. The Labute approximate surface area is 243 Å². The standard InChI is InChI=1S/C33H33N3O6/c1-21(38)31-28(20-37)30(32(39)34-17-16-26-18-35-29-5-3-2-4-27(26)29)36(42-31)19-24-10-8-22(9-11-24)6-7-23-12-14-25(15-13-23)33(40)41/h2-5,8-15,18,21,28,30-31,35,37-38H,16-17,19-20H2,1H3,(H,34,39)(H,40,41)/t21-,28-,30-,31-/m1/s1. The minimum Gasteiger partial charge on any atom is -0.478 e. The lowest BCUT2D eigenvalue weighted by Gasteiger charge is -2.24. The van der Waals surface area contributed by atoms with Crippen LogP contribution in [0.2, 0.25) is 0 Å². The molecule has 9 nitrogen and oxygen atoms in total. The molecule has 0 spiro atoms. The molecule has 5 N–H and O–H groups in total. The first-order valence-electron chi connectivity index (χ1n) is 13.8. The van der Waals surface area contributed by atoms with Crippen LogP contribution in [-0.2, 0) is 22.6 Å². The topological polar surface area (TPSA) is 135 Å². The molecule has 4 aromatic rings. The molecule has 1 amide bonds. The van der Waals surface area contributed by atoms with Gasteiger partial charge in [-0.2, -0.15) is 5.06 Å². The average Bonchev–Trinajstić information content (AvgIpc) is 3.58. The third kappa shape index (κ3) is 6.54. The van der Waals surface area contributed by atoms with Crippen LogP contribution in [0, 0.1) is 17.8 Å². The summed E-state index contributed by atoms with van der Waals surface area (Å²) in [4.78, 5) is 33.7. The highest BCUT2D eigenvalue weighted by Gasteiger charge is 2.48. The molecule has 1 saturated heterocycles. The summed E-state index contributed by atoms with van der Waals surface area (Å²) in [6.45, 7) is 1.96. The number of hydrogen-bond acceptors (Lipinski definition) is 6. The van der Waals surface area contributed by atoms with E-state index in [4.69, 9.17) is 9.94 Å². The monoisotopic (exact) mass is 567 g/mol. The minimum absolute atomic E-state index is 0.205. The Kier molecular flexibility index (Phi) is 9.00. The van der Waals surface area contributed by atoms with Gasteiger partial charge in [-0.3, -0.25) is 9.63 Å². The molecule has 1 aromatic heterocycles. The fourth-order valence-corrected chi connectivity index (χ4v) is 5.28. The Balaban J connectivity index is 1.25. The van der Waals surface area contributed by atoms with Crippen molar-refractivity contribution in [2.24, 2.45) is 5.92 Å². The number of aromatic amines is 1. The van der Waals surface area contributed by atoms with Crippen molar-refractivity contribution in [3.63, 3.8) is 0 Å². The van der Waals surface area contributed by atoms with Gasteiger partial charge in [-0.25, -0.2) is 4.79 Å². The summed E-state index contributed by atoms with van der Waals surface area (Å²) in [5, 5.41) is 35.2. The SMILES string of the molecule is C[C@@H](O)[C@H]1ON(Cc2ccc(C#Cc3ccc(C(=O)O)cc3)cc2)[C@@H](C(=O)NCCc2c[nH]c3ccccc23)[C@H]1CO. The number of benzene rings is 3. The van der Waals surface area contributed by atoms with Crippen LogP contribution in [0.1, 0.15) is 39.5 Å². The van der Waals surface area contributed by atoms with Crippen molar-refractivity contribution in [1.29, 1.82) is 0 Å². The lowest BCUT2D eigenvalue weighted by molar-refractivity contribution is -0.192. The summed E-state index contributed by atoms with van der Waals surface area (Å²) >= 11 is 0. The van der Waals surface area contributed by atoms with Gasteiger partial charge < -0.3 is 25.6 Å². The van der Waals surface area contributed by atoms with E-state index >= 15 is 0 Å². The number of H-pyrrole nitrogens is 1. The van der Waals surface area contributed by atoms with Gasteiger partial charge in [-0.1, -0.05) is 42.2 Å². The maximum absolute atomic E-state index is 13.4. The summed E-state index contributed by atoms with van der Waals surface area (Å²) in [5.41, 5.74) is 4.69. The molecule has 2 heterocycles. The molecule has 42 heavy (non-hydrogen) atoms. The van der Waals surface area contributed by atoms with Crippen LogP contribution in [-0.4, -0.2) is 68.6 Å². The zero-order valence-electron chi connectivity index (χ0n) is 23.2. The number of hydrogen-bond donors (Lipinski definition) is 5. The summed E-state index contributed by atoms with van der Waals surface area (Å²) in [5.74, 6) is 4.24. The first kappa shape index (κ1) is 29.0. The van der Waals surface area contributed by atoms with Gasteiger partial charge in [0.1, 0.15) is 12.1 Å². The highest BCUT2D eigenvalue weighted by Crippen LogP contribution is 2.31. The maximum Gasteiger partial charge on any atom is 0.335 e. The second-order valence-electron chi connectivity index (χ2n) is 10.4. The van der Waals surface area contributed by atoms with E-state index in [1.807, 2.05) is 54.7 Å². The molecule has 1 aliphatic heterocycles. The molecular weight excluding hydrogens is 534 g/mol. The largest absolute Gasteiger partial charge is 0.478 e. The van der Waals surface area contributed by atoms with Crippen LogP contribution in [0.4, 0.5) is 0 Å². The number of carbonyl (C=O) groups is 2. The van der Waals surface area contributed by atoms with Crippen molar-refractivity contribution in [3.05, 3.63) is 107 Å². The van der Waals surface area contributed by atoms with Gasteiger partial charge in [0.2, 0.25) is 5.91 Å². The normalized spacial score (nSPS) is 19.3. The predicted octanol–water partition coefficient (Wildman–Crippen LogP) is 3.10. The molecule has 1 fully saturated rings. The number of aromatic carboxylic acids is 1. The second-order valence-corrected chi connectivity index (χ2v) is 10.4. The smallest absolute Gasteiger partial charge is 0.335 e. The van der Waals surface area contributed by atoms with E-state index in [0.29, 0.717) is 18.5 Å². The second kappa shape index (κ2) is 13.0. The number of fused-ring (bicyclic) bond motifs is 1. The summed E-state index contributed by atoms with van der Waals surface area (Å²) in [6.07, 6.45) is 0.984. The van der Waals surface area contributed by atoms with Crippen molar-refractivity contribution in [2.45, 2.75) is 38.1 Å². The highest BCUT2D eigenvalue weighted by molar-refractivity contribution is 5.87. The quantitative estimate of drug-likeness (QED) is 0.196. The fraction of sp³-hybridized carbons (Fsp3) is 0.273. The first-order valence-corrected chi connectivity index (χ1v) is 13.8. The summed E-state index contributed by atoms with van der Waals surface area (Å²) in [7, 11) is 0. The van der Waals surface area contributed by atoms with Gasteiger partial charge in [0.05, 0.1) is 24.8 Å². The van der Waals surface area contributed by atoms with E-state index in [9.17, 15) is 19.8 Å². The molecule has 0 bridgehead atoms. The van der Waals surface area contributed by atoms with E-state index in [2.05, 4.69) is 22.1 Å². The Bertz CT molecular complexity index is 1600. The van der Waals surface area contributed by atoms with E-state index in [0.717, 1.165) is 27.6 Å². The van der Waals surface area contributed by atoms with Crippen LogP contribution < -0.4 is 5.32 Å². The Morgan fingerprint density at radius 2 is 1.69 bits per heavy atom. The molecule has 0 aliphatic carbocycles. The predicted molar refractivity (Wildman–Crippen MR) is 157 cm³/mol. The molecule has 9 heteroatoms. The van der Waals surface area contributed by atoms with Crippen LogP contribution >= 0.6 is 0 Å². The van der Waals surface area contributed by atoms with Crippen molar-refractivity contribution in [2.75, 3.05) is 13.2 Å². The summed E-state index contributed by atoms with van der Waals surface area (Å²) in [6, 6.07) is 21.1. The molecule has 216 valence electrons. The molecule has 3 aromatic carbocycles. The first-order chi connectivity index (χ1) is 20.3. The number of aromatic nitrogens is 1. The number of carboxylic acid groups (broad SMARTS) is 1. The number of hydroxylamine groups is 2. The molecule has 0 radical (unpaired) electrons. The Morgan fingerprint density at radius 1 is 1.02 bits per heavy atom. The van der Waals surface area contributed by atoms with E-state index in [-0.39, 0.29) is 24.6 Å². The fourth-order valence-electron chi connectivity index (χ4n) is 5.28. The zero-order valence-corrected chi connectivity index (χ0v) is 23.2. The van der Waals surface area contributed by atoms with E-state index in [1.54, 1.807) is 24.1 Å². The molecule has 0 saturated carbocycles. The number of para-hydroxylation sites is 1. The number of aliphatic hydroxyl groups is 2. The van der Waals surface area contributed by atoms with E-state index < -0.39 is 30.1 Å². The minimum atomic E-state index is -0.984. The lowest BCUT2D eigenvalue weighted by Crippen LogP contribution is -2.48. The van der Waals surface area contributed by atoms with Crippen molar-refractivity contribution >= 4 is 22.8 Å². The van der Waals surface area contributed by atoms with E-state index in [1.165, 1.54) is 12.1 Å². The van der Waals surface area contributed by atoms with Crippen LogP contribution in [0.3, 0.4) is 0 Å². The molecule has 0 unspecified atom stereocenters. The Hall–Kier alpha value is -4.46. The molecule has 1 aliphatic rings. The van der Waals surface area contributed by atoms with Crippen LogP contribution in [0.15, 0.2) is 79.0 Å². The Morgan fingerprint density at radius 3 is 2.33 bits per heavy atom. The number of nitrogens with zero attached hydrogens (tertiary/aromatic N) is 1. The number of aliphatic hydroxyl groups excluding tert-OH is 2. The molecule has 5 rings (SSSR count). The molecule has 4 atom stereocenters. The van der Waals surface area contributed by atoms with Crippen molar-refractivity contribution < 1.29 is 29.7 Å². The van der Waals surface area contributed by atoms with Gasteiger partial charge in [-0.05, 0) is 66.9 Å². The maximum atomic E-state index is 13.4. The number of amides is 1. The third-order valence-corrected chi connectivity index (χ3v) is 7.49. The van der Waals surface area contributed by atoms with Crippen LogP contribution in [0.5, 0.6) is 0 Å². The molecular formula is C33H33N3O6. The van der Waals surface area contributed by atoms with Gasteiger partial charge in [0.25, 0.3) is 0 Å². The van der Waals surface area contributed by atoms with Crippen molar-refractivity contribution in [3.8, 4) is 11.8 Å². The van der Waals surface area contributed by atoms with Gasteiger partial charge in [-0.15, -0.1) is 0 Å². The van der Waals surface area contributed by atoms with Gasteiger partial charge in [0, 0.05) is 40.7 Å². The van der Waals surface area contributed by atoms with Gasteiger partial charge in [0.15, 0.2) is 0 Å².